The molecule has 0 spiro atoms. The summed E-state index contributed by atoms with van der Waals surface area (Å²) in [4.78, 5) is 0. The first-order chi connectivity index (χ1) is 15.9. The van der Waals surface area contributed by atoms with Crippen molar-refractivity contribution in [1.82, 2.24) is 0 Å². The molecule has 1 rings (SSSR count). The molecule has 0 radical (unpaired) electrons. The second kappa shape index (κ2) is 25.9. The Labute approximate surface area is 211 Å². The zero-order valence-electron chi connectivity index (χ0n) is 21.4. The summed E-state index contributed by atoms with van der Waals surface area (Å²) in [6, 6.07) is 0. The van der Waals surface area contributed by atoms with Gasteiger partial charge in [-0.25, -0.2) is 0 Å². The van der Waals surface area contributed by atoms with Gasteiger partial charge >= 0.3 is 0 Å². The van der Waals surface area contributed by atoms with Gasteiger partial charge < -0.3 is 0 Å². The highest BCUT2D eigenvalue weighted by atomic mass is 32.2. The first kappa shape index (κ1) is 30.3. The Balaban J connectivity index is 1.90. The monoisotopic (exact) mass is 484 g/mol. The third-order valence-electron chi connectivity index (χ3n) is 6.94. The van der Waals surface area contributed by atoms with Gasteiger partial charge in [0.25, 0.3) is 0 Å². The van der Waals surface area contributed by atoms with Crippen LogP contribution in [0.1, 0.15) is 154 Å². The molecule has 1 saturated carbocycles. The van der Waals surface area contributed by atoms with Crippen LogP contribution in [-0.4, -0.2) is 23.4 Å². The summed E-state index contributed by atoms with van der Waals surface area (Å²) in [6.07, 6.45) is 33.9. The smallest absolute Gasteiger partial charge is 0.105 e. The fraction of sp³-hybridized carbons (Fsp3) is 1.00. The van der Waals surface area contributed by atoms with E-state index in [2.05, 4.69) is 34.6 Å². The van der Waals surface area contributed by atoms with Gasteiger partial charge in [0.05, 0.1) is 6.54 Å². The Bertz CT molecular complexity index is 376. The minimum Gasteiger partial charge on any atom is -0.193 e. The number of hydrogen-bond acceptors (Lipinski definition) is 4. The van der Waals surface area contributed by atoms with Gasteiger partial charge in [-0.3, -0.25) is 0 Å². The fourth-order valence-corrected chi connectivity index (χ4v) is 6.03. The summed E-state index contributed by atoms with van der Waals surface area (Å²) < 4.78 is 0. The van der Waals surface area contributed by atoms with Crippen molar-refractivity contribution >= 4 is 24.4 Å². The van der Waals surface area contributed by atoms with Gasteiger partial charge in [0.2, 0.25) is 0 Å². The number of nitrogens with zero attached hydrogens (tertiary/aromatic N) is 2. The SMILES string of the molecule is SCCCCCCCCCCCCCC/N=N\CSC1CCCCCCCCCCCC1. The van der Waals surface area contributed by atoms with Crippen LogP contribution in [0.2, 0.25) is 0 Å². The van der Waals surface area contributed by atoms with E-state index in [4.69, 9.17) is 0 Å². The normalized spacial score (nSPS) is 17.8. The predicted molar refractivity (Wildman–Crippen MR) is 151 cm³/mol. The molecule has 0 saturated heterocycles. The zero-order valence-corrected chi connectivity index (χ0v) is 23.1. The summed E-state index contributed by atoms with van der Waals surface area (Å²) in [5.74, 6) is 1.94. The zero-order chi connectivity index (χ0) is 22.8. The molecule has 32 heavy (non-hydrogen) atoms. The highest BCUT2D eigenvalue weighted by Crippen LogP contribution is 2.25. The summed E-state index contributed by atoms with van der Waals surface area (Å²) in [5, 5.41) is 9.77. The van der Waals surface area contributed by atoms with Crippen molar-refractivity contribution in [2.24, 2.45) is 10.2 Å². The predicted octanol–water partition coefficient (Wildman–Crippen LogP) is 10.8. The molecule has 1 aliphatic rings. The van der Waals surface area contributed by atoms with Gasteiger partial charge in [-0.2, -0.15) is 22.9 Å². The van der Waals surface area contributed by atoms with Gasteiger partial charge in [0.15, 0.2) is 0 Å². The summed E-state index contributed by atoms with van der Waals surface area (Å²) in [7, 11) is 0. The molecular formula is C28H56N2S2. The molecule has 0 aromatic heterocycles. The van der Waals surface area contributed by atoms with Crippen LogP contribution in [-0.2, 0) is 0 Å². The van der Waals surface area contributed by atoms with Crippen LogP contribution in [0.25, 0.3) is 0 Å². The minimum absolute atomic E-state index is 0.822. The molecule has 2 nitrogen and oxygen atoms in total. The molecule has 0 bridgehead atoms. The molecule has 0 aliphatic heterocycles. The molecule has 0 aromatic carbocycles. The van der Waals surface area contributed by atoms with E-state index < -0.39 is 0 Å². The Hall–Kier alpha value is 0.300. The average Bonchev–Trinajstić information content (AvgIpc) is 2.83. The molecule has 0 amide bonds. The minimum atomic E-state index is 0.822. The Morgan fingerprint density at radius 3 is 1.38 bits per heavy atom. The van der Waals surface area contributed by atoms with Crippen molar-refractivity contribution < 1.29 is 0 Å². The van der Waals surface area contributed by atoms with Crippen LogP contribution in [0, 0.1) is 0 Å². The van der Waals surface area contributed by atoms with Gasteiger partial charge in [0, 0.05) is 5.25 Å². The lowest BCUT2D eigenvalue weighted by molar-refractivity contribution is 0.545. The van der Waals surface area contributed by atoms with E-state index in [0.717, 1.165) is 23.4 Å². The first-order valence-electron chi connectivity index (χ1n) is 14.5. The van der Waals surface area contributed by atoms with E-state index in [9.17, 15) is 0 Å². The number of unbranched alkanes of at least 4 members (excludes halogenated alkanes) is 11. The molecule has 0 heterocycles. The van der Waals surface area contributed by atoms with E-state index in [1.807, 2.05) is 0 Å². The highest BCUT2D eigenvalue weighted by Gasteiger charge is 2.09. The highest BCUT2D eigenvalue weighted by molar-refractivity contribution is 7.99. The van der Waals surface area contributed by atoms with Gasteiger partial charge in [-0.1, -0.05) is 128 Å². The van der Waals surface area contributed by atoms with Crippen molar-refractivity contribution in [2.75, 3.05) is 18.2 Å². The third kappa shape index (κ3) is 22.1. The molecule has 0 unspecified atom stereocenters. The van der Waals surface area contributed by atoms with Crippen LogP contribution in [0.3, 0.4) is 0 Å². The van der Waals surface area contributed by atoms with Crippen LogP contribution in [0.15, 0.2) is 10.2 Å². The topological polar surface area (TPSA) is 24.7 Å². The van der Waals surface area contributed by atoms with Gasteiger partial charge in [-0.15, -0.1) is 11.8 Å². The second-order valence-corrected chi connectivity index (χ2v) is 11.7. The lowest BCUT2D eigenvalue weighted by Crippen LogP contribution is -2.03. The summed E-state index contributed by atoms with van der Waals surface area (Å²) >= 11 is 6.35. The van der Waals surface area contributed by atoms with Crippen LogP contribution in [0.4, 0.5) is 0 Å². The molecule has 1 aliphatic carbocycles. The molecule has 0 atom stereocenters. The van der Waals surface area contributed by atoms with E-state index in [-0.39, 0.29) is 0 Å². The second-order valence-electron chi connectivity index (χ2n) is 10.0. The van der Waals surface area contributed by atoms with E-state index in [0.29, 0.717) is 0 Å². The average molecular weight is 485 g/mol. The lowest BCUT2D eigenvalue weighted by atomic mass is 10.1. The van der Waals surface area contributed by atoms with Crippen molar-refractivity contribution in [1.29, 1.82) is 0 Å². The van der Waals surface area contributed by atoms with E-state index >= 15 is 0 Å². The van der Waals surface area contributed by atoms with Crippen molar-refractivity contribution in [3.8, 4) is 0 Å². The first-order valence-corrected chi connectivity index (χ1v) is 16.2. The summed E-state index contributed by atoms with van der Waals surface area (Å²) in [5.41, 5.74) is 0. The van der Waals surface area contributed by atoms with E-state index in [1.54, 1.807) is 0 Å². The molecule has 0 N–H and O–H groups in total. The summed E-state index contributed by atoms with van der Waals surface area (Å²) in [6.45, 7) is 0.942. The third-order valence-corrected chi connectivity index (χ3v) is 8.46. The number of rotatable bonds is 17. The molecule has 1 fully saturated rings. The van der Waals surface area contributed by atoms with Crippen LogP contribution in [0.5, 0.6) is 0 Å². The molecule has 190 valence electrons. The number of hydrogen-bond donors (Lipinski definition) is 1. The quantitative estimate of drug-likeness (QED) is 0.124. The maximum Gasteiger partial charge on any atom is 0.105 e. The molecular weight excluding hydrogens is 428 g/mol. The van der Waals surface area contributed by atoms with Crippen molar-refractivity contribution in [2.45, 2.75) is 159 Å². The van der Waals surface area contributed by atoms with E-state index in [1.165, 1.54) is 154 Å². The maximum atomic E-state index is 4.49. The number of thioether (sulfide) groups is 1. The van der Waals surface area contributed by atoms with Crippen LogP contribution >= 0.6 is 24.4 Å². The van der Waals surface area contributed by atoms with Gasteiger partial charge in [-0.05, 0) is 31.4 Å². The van der Waals surface area contributed by atoms with Crippen molar-refractivity contribution in [3.05, 3.63) is 0 Å². The Morgan fingerprint density at radius 1 is 0.500 bits per heavy atom. The largest absolute Gasteiger partial charge is 0.193 e. The fourth-order valence-electron chi connectivity index (χ4n) is 4.78. The Morgan fingerprint density at radius 2 is 0.906 bits per heavy atom. The molecule has 0 aromatic rings. The molecule has 4 heteroatoms. The number of azo groups is 1. The van der Waals surface area contributed by atoms with Crippen LogP contribution < -0.4 is 0 Å². The lowest BCUT2D eigenvalue weighted by Gasteiger charge is -2.15. The Kier molecular flexibility index (Phi) is 24.6. The maximum absolute atomic E-state index is 4.49. The van der Waals surface area contributed by atoms with Gasteiger partial charge in [0.1, 0.15) is 5.88 Å². The standard InChI is InChI=1S/C28H56N2S2/c31-26-22-18-14-10-6-2-1-5-9-13-17-21-25-29-30-27-32-28-23-19-15-11-7-3-4-8-12-16-20-24-28/h28,31H,1-27H2/b30-29-. The van der Waals surface area contributed by atoms with Crippen molar-refractivity contribution in [3.63, 3.8) is 0 Å². The number of thiol groups is 1.